The maximum absolute atomic E-state index is 13.2. The van der Waals surface area contributed by atoms with Gasteiger partial charge in [0.25, 0.3) is 0 Å². The minimum absolute atomic E-state index is 0.0212. The molecule has 0 fully saturated rings. The molecule has 8 nitrogen and oxygen atoms in total. The van der Waals surface area contributed by atoms with E-state index in [4.69, 9.17) is 16.1 Å². The quantitative estimate of drug-likeness (QED) is 0.551. The standard InChI is InChI=1S/C20H21ClN4O4S/c1-24(13-17-22-19(23-29-17)15-10-7-11-16(21)12-15)20(26)18(25(2)30(3,27)28)14-8-5-4-6-9-14/h4-12,18H,13H2,1-3H3. The molecule has 1 unspecified atom stereocenters. The van der Waals surface area contributed by atoms with Crippen molar-refractivity contribution in [3.8, 4) is 11.4 Å². The van der Waals surface area contributed by atoms with Crippen molar-refractivity contribution in [2.24, 2.45) is 0 Å². The molecule has 0 aliphatic carbocycles. The van der Waals surface area contributed by atoms with Crippen molar-refractivity contribution in [2.45, 2.75) is 12.6 Å². The minimum Gasteiger partial charge on any atom is -0.337 e. The van der Waals surface area contributed by atoms with Gasteiger partial charge in [0, 0.05) is 24.7 Å². The van der Waals surface area contributed by atoms with E-state index in [2.05, 4.69) is 10.1 Å². The fourth-order valence-corrected chi connectivity index (χ4v) is 3.67. The molecule has 1 atom stereocenters. The average molecular weight is 449 g/mol. The summed E-state index contributed by atoms with van der Waals surface area (Å²) in [5, 5.41) is 4.47. The summed E-state index contributed by atoms with van der Waals surface area (Å²) in [4.78, 5) is 18.8. The monoisotopic (exact) mass is 448 g/mol. The van der Waals surface area contributed by atoms with E-state index in [1.807, 2.05) is 0 Å². The lowest BCUT2D eigenvalue weighted by Crippen LogP contribution is -2.41. The third kappa shape index (κ3) is 5.05. The summed E-state index contributed by atoms with van der Waals surface area (Å²) < 4.78 is 30.6. The zero-order valence-electron chi connectivity index (χ0n) is 16.7. The number of amides is 1. The summed E-state index contributed by atoms with van der Waals surface area (Å²) >= 11 is 5.99. The molecule has 0 radical (unpaired) electrons. The summed E-state index contributed by atoms with van der Waals surface area (Å²) in [7, 11) is -0.685. The lowest BCUT2D eigenvalue weighted by atomic mass is 10.1. The SMILES string of the molecule is CN(Cc1nc(-c2cccc(Cl)c2)no1)C(=O)C(c1ccccc1)N(C)S(C)(=O)=O. The molecule has 0 spiro atoms. The van der Waals surface area contributed by atoms with Crippen LogP contribution < -0.4 is 0 Å². The van der Waals surface area contributed by atoms with Gasteiger partial charge in [-0.3, -0.25) is 4.79 Å². The van der Waals surface area contributed by atoms with Crippen molar-refractivity contribution in [1.29, 1.82) is 0 Å². The van der Waals surface area contributed by atoms with Crippen LogP contribution >= 0.6 is 11.6 Å². The Kier molecular flexibility index (Phi) is 6.55. The Labute approximate surface area is 180 Å². The van der Waals surface area contributed by atoms with Gasteiger partial charge in [-0.2, -0.15) is 9.29 Å². The van der Waals surface area contributed by atoms with E-state index in [0.29, 0.717) is 22.0 Å². The molecular weight excluding hydrogens is 428 g/mol. The molecule has 1 aromatic heterocycles. The molecule has 0 bridgehead atoms. The lowest BCUT2D eigenvalue weighted by molar-refractivity contribution is -0.134. The van der Waals surface area contributed by atoms with Crippen molar-refractivity contribution < 1.29 is 17.7 Å². The predicted octanol–water partition coefficient (Wildman–Crippen LogP) is 2.98. The number of nitrogens with zero attached hydrogens (tertiary/aromatic N) is 4. The molecule has 3 rings (SSSR count). The van der Waals surface area contributed by atoms with E-state index in [0.717, 1.165) is 10.6 Å². The summed E-state index contributed by atoms with van der Waals surface area (Å²) in [6, 6.07) is 14.7. The van der Waals surface area contributed by atoms with E-state index in [9.17, 15) is 13.2 Å². The molecular formula is C20H21ClN4O4S. The van der Waals surface area contributed by atoms with Gasteiger partial charge in [0.1, 0.15) is 6.04 Å². The van der Waals surface area contributed by atoms with E-state index >= 15 is 0 Å². The van der Waals surface area contributed by atoms with Gasteiger partial charge >= 0.3 is 0 Å². The van der Waals surface area contributed by atoms with E-state index in [1.165, 1.54) is 11.9 Å². The van der Waals surface area contributed by atoms with E-state index in [1.54, 1.807) is 61.6 Å². The second-order valence-corrected chi connectivity index (χ2v) is 9.29. The highest BCUT2D eigenvalue weighted by atomic mass is 35.5. The second kappa shape index (κ2) is 8.95. The van der Waals surface area contributed by atoms with Gasteiger partial charge in [0.15, 0.2) is 0 Å². The highest BCUT2D eigenvalue weighted by molar-refractivity contribution is 7.88. The van der Waals surface area contributed by atoms with E-state index in [-0.39, 0.29) is 12.4 Å². The van der Waals surface area contributed by atoms with Crippen molar-refractivity contribution in [3.05, 3.63) is 71.1 Å². The molecule has 0 saturated heterocycles. The van der Waals surface area contributed by atoms with Crippen LogP contribution in [0.4, 0.5) is 0 Å². The summed E-state index contributed by atoms with van der Waals surface area (Å²) in [5.74, 6) is 0.146. The number of carbonyl (C=O) groups excluding carboxylic acids is 1. The maximum Gasteiger partial charge on any atom is 0.246 e. The number of likely N-dealkylation sites (N-methyl/N-ethyl adjacent to an activating group) is 2. The first-order chi connectivity index (χ1) is 14.2. The van der Waals surface area contributed by atoms with Crippen LogP contribution in [-0.2, 0) is 21.4 Å². The van der Waals surface area contributed by atoms with Crippen molar-refractivity contribution in [2.75, 3.05) is 20.4 Å². The smallest absolute Gasteiger partial charge is 0.246 e. The normalized spacial score (nSPS) is 12.7. The van der Waals surface area contributed by atoms with Crippen LogP contribution in [0.15, 0.2) is 59.1 Å². The first-order valence-corrected chi connectivity index (χ1v) is 11.2. The number of hydrogen-bond donors (Lipinski definition) is 0. The Bertz CT molecular complexity index is 1130. The highest BCUT2D eigenvalue weighted by Gasteiger charge is 2.33. The number of sulfonamides is 1. The number of hydrogen-bond acceptors (Lipinski definition) is 6. The topological polar surface area (TPSA) is 96.6 Å². The number of halogens is 1. The molecule has 30 heavy (non-hydrogen) atoms. The number of carbonyl (C=O) groups is 1. The molecule has 1 amide bonds. The predicted molar refractivity (Wildman–Crippen MR) is 113 cm³/mol. The molecule has 1 heterocycles. The van der Waals surface area contributed by atoms with E-state index < -0.39 is 22.0 Å². The first-order valence-electron chi connectivity index (χ1n) is 8.98. The van der Waals surface area contributed by atoms with Gasteiger partial charge in [0.2, 0.25) is 27.6 Å². The molecule has 3 aromatic rings. The van der Waals surface area contributed by atoms with Gasteiger partial charge in [0.05, 0.1) is 12.8 Å². The fraction of sp³-hybridized carbons (Fsp3) is 0.250. The zero-order chi connectivity index (χ0) is 21.9. The van der Waals surface area contributed by atoms with Crippen LogP contribution in [0.3, 0.4) is 0 Å². The van der Waals surface area contributed by atoms with Crippen molar-refractivity contribution in [3.63, 3.8) is 0 Å². The van der Waals surface area contributed by atoms with Crippen LogP contribution in [0.5, 0.6) is 0 Å². The molecule has 0 saturated carbocycles. The summed E-state index contributed by atoms with van der Waals surface area (Å²) in [5.41, 5.74) is 1.25. The number of rotatable bonds is 7. The molecule has 158 valence electrons. The Morgan fingerprint density at radius 2 is 1.83 bits per heavy atom. The van der Waals surface area contributed by atoms with Crippen LogP contribution in [0.2, 0.25) is 5.02 Å². The average Bonchev–Trinajstić information content (AvgIpc) is 3.16. The zero-order valence-corrected chi connectivity index (χ0v) is 18.3. The van der Waals surface area contributed by atoms with Gasteiger partial charge in [-0.25, -0.2) is 8.42 Å². The maximum atomic E-state index is 13.2. The number of aromatic nitrogens is 2. The molecule has 0 aliphatic rings. The van der Waals surface area contributed by atoms with Crippen LogP contribution in [-0.4, -0.2) is 54.0 Å². The molecule has 10 heteroatoms. The second-order valence-electron chi connectivity index (χ2n) is 6.81. The van der Waals surface area contributed by atoms with Crippen LogP contribution in [0, 0.1) is 0 Å². The van der Waals surface area contributed by atoms with Crippen molar-refractivity contribution >= 4 is 27.5 Å². The van der Waals surface area contributed by atoms with Gasteiger partial charge in [-0.05, 0) is 17.7 Å². The van der Waals surface area contributed by atoms with Crippen LogP contribution in [0.1, 0.15) is 17.5 Å². The molecule has 2 aromatic carbocycles. The summed E-state index contributed by atoms with van der Waals surface area (Å²) in [6.45, 7) is 0.0212. The minimum atomic E-state index is -3.62. The first kappa shape index (κ1) is 21.9. The Morgan fingerprint density at radius 1 is 1.13 bits per heavy atom. The van der Waals surface area contributed by atoms with Crippen molar-refractivity contribution in [1.82, 2.24) is 19.3 Å². The van der Waals surface area contributed by atoms with Gasteiger partial charge in [-0.15, -0.1) is 0 Å². The summed E-state index contributed by atoms with van der Waals surface area (Å²) in [6.07, 6.45) is 1.06. The number of benzene rings is 2. The highest BCUT2D eigenvalue weighted by Crippen LogP contribution is 2.25. The molecule has 0 aliphatic heterocycles. The third-order valence-corrected chi connectivity index (χ3v) is 6.03. The largest absolute Gasteiger partial charge is 0.337 e. The van der Waals surface area contributed by atoms with Gasteiger partial charge < -0.3 is 9.42 Å². The Hall–Kier alpha value is -2.75. The Balaban J connectivity index is 1.82. The Morgan fingerprint density at radius 3 is 2.47 bits per heavy atom. The third-order valence-electron chi connectivity index (χ3n) is 4.54. The lowest BCUT2D eigenvalue weighted by Gasteiger charge is -2.29. The fourth-order valence-electron chi connectivity index (χ4n) is 2.89. The van der Waals surface area contributed by atoms with Crippen LogP contribution in [0.25, 0.3) is 11.4 Å². The van der Waals surface area contributed by atoms with Gasteiger partial charge in [-0.1, -0.05) is 59.2 Å². The molecule has 0 N–H and O–H groups in total.